The summed E-state index contributed by atoms with van der Waals surface area (Å²) < 4.78 is 61.7. The molecule has 0 fully saturated rings. The van der Waals surface area contributed by atoms with E-state index in [4.69, 9.17) is 14.2 Å². The Bertz CT molecular complexity index is 2130. The van der Waals surface area contributed by atoms with Crippen molar-refractivity contribution < 1.29 is 46.6 Å². The van der Waals surface area contributed by atoms with Crippen molar-refractivity contribution >= 4 is 56.7 Å². The van der Waals surface area contributed by atoms with Gasteiger partial charge in [0.2, 0.25) is 5.91 Å². The van der Waals surface area contributed by atoms with Gasteiger partial charge in [-0.1, -0.05) is 6.08 Å². The van der Waals surface area contributed by atoms with Crippen LogP contribution in [0.3, 0.4) is 0 Å². The van der Waals surface area contributed by atoms with Crippen molar-refractivity contribution in [2.45, 2.75) is 57.3 Å². The molecule has 53 heavy (non-hydrogen) atoms. The lowest BCUT2D eigenvalue weighted by Crippen LogP contribution is -2.43. The summed E-state index contributed by atoms with van der Waals surface area (Å²) in [5.74, 6) is -3.64. The van der Waals surface area contributed by atoms with Crippen molar-refractivity contribution in [1.29, 1.82) is 0 Å². The second-order valence-electron chi connectivity index (χ2n) is 14.1. The van der Waals surface area contributed by atoms with Crippen molar-refractivity contribution in [3.63, 3.8) is 0 Å². The Labute approximate surface area is 305 Å². The van der Waals surface area contributed by atoms with Gasteiger partial charge in [0.15, 0.2) is 6.10 Å². The van der Waals surface area contributed by atoms with Crippen LogP contribution in [-0.2, 0) is 37.0 Å². The number of rotatable bonds is 13. The van der Waals surface area contributed by atoms with E-state index < -0.39 is 58.5 Å². The van der Waals surface area contributed by atoms with Gasteiger partial charge < -0.3 is 29.0 Å². The van der Waals surface area contributed by atoms with Gasteiger partial charge in [0, 0.05) is 43.4 Å². The number of amides is 2. The van der Waals surface area contributed by atoms with Crippen LogP contribution in [-0.4, -0.2) is 79.9 Å². The fourth-order valence-electron chi connectivity index (χ4n) is 5.37. The van der Waals surface area contributed by atoms with Crippen LogP contribution in [0.25, 0.3) is 10.9 Å². The van der Waals surface area contributed by atoms with Crippen LogP contribution in [0.15, 0.2) is 71.7 Å². The van der Waals surface area contributed by atoms with E-state index in [1.165, 1.54) is 46.0 Å². The Morgan fingerprint density at radius 3 is 2.38 bits per heavy atom. The number of hydrogen-bond donors (Lipinski definition) is 1. The van der Waals surface area contributed by atoms with Gasteiger partial charge in [0.05, 0.1) is 12.2 Å². The number of pyridine rings is 1. The number of nitrogens with zero attached hydrogens (tertiary/aromatic N) is 3. The van der Waals surface area contributed by atoms with Crippen LogP contribution in [0.5, 0.6) is 5.75 Å². The van der Waals surface area contributed by atoms with E-state index in [0.29, 0.717) is 6.07 Å². The third-order valence-electron chi connectivity index (χ3n) is 7.97. The monoisotopic (exact) mass is 734 g/mol. The molecule has 278 valence electrons. The topological polar surface area (TPSA) is 138 Å². The highest BCUT2D eigenvalue weighted by Gasteiger charge is 2.36. The molecule has 1 atom stereocenters. The molecule has 0 saturated heterocycles. The zero-order chi connectivity index (χ0) is 39.2. The van der Waals surface area contributed by atoms with Crippen molar-refractivity contribution in [1.82, 2.24) is 14.0 Å². The average molecular weight is 734 g/mol. The summed E-state index contributed by atoms with van der Waals surface area (Å²) in [6.45, 7) is 4.33. The maximum absolute atomic E-state index is 14.9. The molecular formula is C36H39B2F3N4O8. The second kappa shape index (κ2) is 16.3. The molecule has 0 spiro atoms. The Kier molecular flexibility index (Phi) is 12.3. The second-order valence-corrected chi connectivity index (χ2v) is 14.1. The number of benzene rings is 2. The van der Waals surface area contributed by atoms with Gasteiger partial charge in [0.1, 0.15) is 62.3 Å². The summed E-state index contributed by atoms with van der Waals surface area (Å²) in [4.78, 5) is 65.6. The molecular weight excluding hydrogens is 695 g/mol. The summed E-state index contributed by atoms with van der Waals surface area (Å²) >= 11 is 0. The van der Waals surface area contributed by atoms with Gasteiger partial charge in [-0.15, -0.1) is 0 Å². The smallest absolute Gasteiger partial charge is 0.419 e. The maximum atomic E-state index is 14.9. The first-order valence-corrected chi connectivity index (χ1v) is 16.4. The van der Waals surface area contributed by atoms with Crippen LogP contribution >= 0.6 is 0 Å². The molecule has 0 bridgehead atoms. The first-order chi connectivity index (χ1) is 24.8. The molecule has 4 rings (SSSR count). The van der Waals surface area contributed by atoms with E-state index in [-0.39, 0.29) is 58.9 Å². The Hall–Kier alpha value is -5.73. The molecule has 0 aliphatic heterocycles. The number of allylic oxidation sites excluding steroid dienone is 1. The molecule has 4 aromatic rings. The lowest BCUT2D eigenvalue weighted by molar-refractivity contribution is -0.143. The molecule has 0 saturated carbocycles. The van der Waals surface area contributed by atoms with Crippen molar-refractivity contribution in [2.24, 2.45) is 0 Å². The number of carbonyl (C=O) groups excluding carboxylic acids is 4. The predicted octanol–water partition coefficient (Wildman–Crippen LogP) is 3.53. The summed E-state index contributed by atoms with van der Waals surface area (Å²) in [6, 6.07) is 9.32. The zero-order valence-electron chi connectivity index (χ0n) is 30.4. The van der Waals surface area contributed by atoms with E-state index in [9.17, 15) is 37.1 Å². The highest BCUT2D eigenvalue weighted by Crippen LogP contribution is 2.33. The molecule has 1 unspecified atom stereocenters. The van der Waals surface area contributed by atoms with E-state index >= 15 is 0 Å². The number of fused-ring (bicyclic) bond motifs is 1. The molecule has 2 heterocycles. The SMILES string of the molecule is BC(B)(C/C=C/C(=O)N(C)C)C(OC=O)C(=O)Nc1cccn(Cc2cc3cc(F)cc(OCc4ccc(F)cc4F)c3n2C(=O)OC(C)(C)C)c1=O. The van der Waals surface area contributed by atoms with Gasteiger partial charge in [-0.25, -0.2) is 22.5 Å². The standard InChI is InChI=1S/C36H39B2F3N4O8/c1-35(2,3)53-34(50)45-25(15-22-14-24(40)17-28(30(22)45)51-19-21-10-11-23(39)16-26(21)41)18-44-13-7-8-27(33(44)49)42-32(48)31(52-20-46)36(37,38)12-6-9-29(47)43(4)5/h6-11,13-17,20,31H,12,18-19,37-38H2,1-5H3,(H,42,48)/b9-6+. The highest BCUT2D eigenvalue weighted by molar-refractivity contribution is 6.42. The summed E-state index contributed by atoms with van der Waals surface area (Å²) in [7, 11) is 6.47. The van der Waals surface area contributed by atoms with Crippen molar-refractivity contribution in [3.8, 4) is 5.75 Å². The molecule has 0 radical (unpaired) electrons. The third-order valence-corrected chi connectivity index (χ3v) is 7.97. The molecule has 2 aromatic heterocycles. The van der Waals surface area contributed by atoms with Crippen molar-refractivity contribution in [3.05, 3.63) is 106 Å². The van der Waals surface area contributed by atoms with Gasteiger partial charge in [0.25, 0.3) is 17.9 Å². The van der Waals surface area contributed by atoms with Gasteiger partial charge in [-0.3, -0.25) is 19.2 Å². The highest BCUT2D eigenvalue weighted by atomic mass is 19.1. The van der Waals surface area contributed by atoms with Crippen LogP contribution in [0.1, 0.15) is 38.4 Å². The number of ether oxygens (including phenoxy) is 3. The predicted molar refractivity (Wildman–Crippen MR) is 196 cm³/mol. The fourth-order valence-corrected chi connectivity index (χ4v) is 5.37. The number of aromatic nitrogens is 2. The van der Waals surface area contributed by atoms with E-state index in [1.54, 1.807) is 56.6 Å². The number of hydrogen-bond acceptors (Lipinski definition) is 8. The zero-order valence-corrected chi connectivity index (χ0v) is 30.4. The van der Waals surface area contributed by atoms with Crippen LogP contribution in [0.4, 0.5) is 23.7 Å². The van der Waals surface area contributed by atoms with Crippen molar-refractivity contribution in [2.75, 3.05) is 19.4 Å². The van der Waals surface area contributed by atoms with Gasteiger partial charge >= 0.3 is 6.09 Å². The minimum atomic E-state index is -1.36. The Balaban J connectivity index is 1.70. The minimum absolute atomic E-state index is 0.0233. The molecule has 2 amide bonds. The minimum Gasteiger partial charge on any atom is -0.486 e. The van der Waals surface area contributed by atoms with Crippen LogP contribution in [0, 0.1) is 17.5 Å². The quantitative estimate of drug-likeness (QED) is 0.125. The number of likely N-dealkylation sites (N-methyl/N-ethyl adjacent to an activating group) is 1. The molecule has 0 aliphatic rings. The Morgan fingerprint density at radius 1 is 1.02 bits per heavy atom. The number of carbonyl (C=O) groups is 4. The first-order valence-electron chi connectivity index (χ1n) is 16.4. The number of nitrogens with one attached hydrogen (secondary N) is 1. The number of halogens is 3. The summed E-state index contributed by atoms with van der Waals surface area (Å²) in [5, 5.41) is 1.70. The lowest BCUT2D eigenvalue weighted by atomic mass is 9.49. The van der Waals surface area contributed by atoms with Crippen LogP contribution < -0.4 is 15.6 Å². The molecule has 0 aliphatic carbocycles. The third kappa shape index (κ3) is 9.99. The fraction of sp³-hybridized carbons (Fsp3) is 0.306. The summed E-state index contributed by atoms with van der Waals surface area (Å²) in [6.07, 6.45) is 2.21. The van der Waals surface area contributed by atoms with Gasteiger partial charge in [-0.05, 0) is 74.9 Å². The molecule has 12 nitrogen and oxygen atoms in total. The summed E-state index contributed by atoms with van der Waals surface area (Å²) in [5.41, 5.74) is -1.66. The maximum Gasteiger partial charge on any atom is 0.419 e. The lowest BCUT2D eigenvalue weighted by Gasteiger charge is -2.31. The number of anilines is 1. The van der Waals surface area contributed by atoms with E-state index in [1.807, 2.05) is 0 Å². The van der Waals surface area contributed by atoms with E-state index in [2.05, 4.69) is 5.32 Å². The Morgan fingerprint density at radius 2 is 1.74 bits per heavy atom. The molecule has 1 N–H and O–H groups in total. The molecule has 17 heteroatoms. The largest absolute Gasteiger partial charge is 0.486 e. The van der Waals surface area contributed by atoms with Gasteiger partial charge in [-0.2, -0.15) is 0 Å². The average Bonchev–Trinajstić information content (AvgIpc) is 3.41. The first kappa shape index (κ1) is 40.0. The van der Waals surface area contributed by atoms with Crippen LogP contribution in [0.2, 0.25) is 5.21 Å². The van der Waals surface area contributed by atoms with E-state index in [0.717, 1.165) is 22.8 Å². The molecule has 2 aromatic carbocycles. The normalized spacial score (nSPS) is 12.4.